The summed E-state index contributed by atoms with van der Waals surface area (Å²) < 4.78 is 10.8. The van der Waals surface area contributed by atoms with E-state index in [4.69, 9.17) is 9.47 Å². The van der Waals surface area contributed by atoms with Crippen LogP contribution in [0.4, 0.5) is 0 Å². The SMILES string of the molecule is COc1ccc(/C=C/c2cc(OC(C)C)cc(B(O)O)c2)cc1. The van der Waals surface area contributed by atoms with Crippen LogP contribution in [0.5, 0.6) is 11.5 Å². The molecule has 0 unspecified atom stereocenters. The van der Waals surface area contributed by atoms with Crippen LogP contribution < -0.4 is 14.9 Å². The van der Waals surface area contributed by atoms with E-state index in [1.54, 1.807) is 19.2 Å². The lowest BCUT2D eigenvalue weighted by Crippen LogP contribution is -2.30. The van der Waals surface area contributed by atoms with Crippen molar-refractivity contribution in [1.29, 1.82) is 0 Å². The Bertz CT molecular complexity index is 663. The van der Waals surface area contributed by atoms with Crippen LogP contribution in [0.2, 0.25) is 0 Å². The van der Waals surface area contributed by atoms with Gasteiger partial charge in [-0.1, -0.05) is 30.4 Å². The molecule has 0 aliphatic rings. The molecular formula is C18H21BO4. The van der Waals surface area contributed by atoms with Crippen LogP contribution in [0.15, 0.2) is 42.5 Å². The maximum Gasteiger partial charge on any atom is 0.488 e. The molecule has 0 amide bonds. The van der Waals surface area contributed by atoms with Gasteiger partial charge in [-0.15, -0.1) is 0 Å². The molecule has 0 spiro atoms. The largest absolute Gasteiger partial charge is 0.497 e. The van der Waals surface area contributed by atoms with Gasteiger partial charge in [-0.2, -0.15) is 0 Å². The van der Waals surface area contributed by atoms with Crippen molar-refractivity contribution < 1.29 is 19.5 Å². The number of benzene rings is 2. The summed E-state index contributed by atoms with van der Waals surface area (Å²) in [6, 6.07) is 12.9. The molecule has 0 saturated carbocycles. The lowest BCUT2D eigenvalue weighted by molar-refractivity contribution is 0.242. The summed E-state index contributed by atoms with van der Waals surface area (Å²) in [7, 11) is 0.103. The monoisotopic (exact) mass is 312 g/mol. The first-order valence-electron chi connectivity index (χ1n) is 7.48. The van der Waals surface area contributed by atoms with Gasteiger partial charge in [0.2, 0.25) is 0 Å². The van der Waals surface area contributed by atoms with Crippen LogP contribution >= 0.6 is 0 Å². The molecule has 2 N–H and O–H groups in total. The second-order valence-electron chi connectivity index (χ2n) is 5.48. The van der Waals surface area contributed by atoms with Crippen molar-refractivity contribution >= 4 is 24.7 Å². The summed E-state index contributed by atoms with van der Waals surface area (Å²) >= 11 is 0. The molecule has 0 bridgehead atoms. The van der Waals surface area contributed by atoms with Gasteiger partial charge in [0.25, 0.3) is 0 Å². The minimum atomic E-state index is -1.53. The summed E-state index contributed by atoms with van der Waals surface area (Å²) in [4.78, 5) is 0. The fourth-order valence-electron chi connectivity index (χ4n) is 2.14. The molecule has 4 nitrogen and oxygen atoms in total. The molecule has 0 aliphatic carbocycles. The van der Waals surface area contributed by atoms with Gasteiger partial charge < -0.3 is 19.5 Å². The van der Waals surface area contributed by atoms with E-state index < -0.39 is 7.12 Å². The second kappa shape index (κ2) is 7.86. The normalized spacial score (nSPS) is 11.0. The Morgan fingerprint density at radius 2 is 1.57 bits per heavy atom. The van der Waals surface area contributed by atoms with Gasteiger partial charge in [-0.05, 0) is 54.7 Å². The van der Waals surface area contributed by atoms with E-state index in [2.05, 4.69) is 0 Å². The topological polar surface area (TPSA) is 58.9 Å². The predicted octanol–water partition coefficient (Wildman–Crippen LogP) is 2.33. The molecule has 0 saturated heterocycles. The minimum Gasteiger partial charge on any atom is -0.497 e. The van der Waals surface area contributed by atoms with Gasteiger partial charge in [0.1, 0.15) is 11.5 Å². The van der Waals surface area contributed by atoms with E-state index in [0.717, 1.165) is 16.9 Å². The quantitative estimate of drug-likeness (QED) is 0.635. The maximum absolute atomic E-state index is 9.41. The van der Waals surface area contributed by atoms with E-state index in [1.807, 2.05) is 56.3 Å². The van der Waals surface area contributed by atoms with E-state index in [9.17, 15) is 10.0 Å². The number of hydrogen-bond acceptors (Lipinski definition) is 4. The zero-order chi connectivity index (χ0) is 16.8. The van der Waals surface area contributed by atoms with E-state index in [0.29, 0.717) is 11.2 Å². The van der Waals surface area contributed by atoms with Crippen molar-refractivity contribution in [2.24, 2.45) is 0 Å². The minimum absolute atomic E-state index is 0.0134. The fourth-order valence-corrected chi connectivity index (χ4v) is 2.14. The molecular weight excluding hydrogens is 291 g/mol. The van der Waals surface area contributed by atoms with Gasteiger partial charge >= 0.3 is 7.12 Å². The number of rotatable bonds is 6. The van der Waals surface area contributed by atoms with Crippen LogP contribution in [-0.4, -0.2) is 30.4 Å². The summed E-state index contributed by atoms with van der Waals surface area (Å²) in [6.07, 6.45) is 3.86. The molecule has 2 aromatic rings. The van der Waals surface area contributed by atoms with Gasteiger partial charge in [0.15, 0.2) is 0 Å². The Kier molecular flexibility index (Phi) is 5.85. The summed E-state index contributed by atoms with van der Waals surface area (Å²) in [5, 5.41) is 18.8. The van der Waals surface area contributed by atoms with E-state index >= 15 is 0 Å². The average Bonchev–Trinajstić information content (AvgIpc) is 2.52. The number of hydrogen-bond donors (Lipinski definition) is 2. The summed E-state index contributed by atoms with van der Waals surface area (Å²) in [5.74, 6) is 1.42. The van der Waals surface area contributed by atoms with E-state index in [-0.39, 0.29) is 6.10 Å². The average molecular weight is 312 g/mol. The van der Waals surface area contributed by atoms with Crippen molar-refractivity contribution in [2.45, 2.75) is 20.0 Å². The van der Waals surface area contributed by atoms with Gasteiger partial charge in [-0.25, -0.2) is 0 Å². The van der Waals surface area contributed by atoms with Gasteiger partial charge in [-0.3, -0.25) is 0 Å². The highest BCUT2D eigenvalue weighted by molar-refractivity contribution is 6.58. The third-order valence-electron chi connectivity index (χ3n) is 3.21. The van der Waals surface area contributed by atoms with Crippen LogP contribution in [0.3, 0.4) is 0 Å². The van der Waals surface area contributed by atoms with Crippen molar-refractivity contribution in [1.82, 2.24) is 0 Å². The Balaban J connectivity index is 2.25. The fraction of sp³-hybridized carbons (Fsp3) is 0.222. The van der Waals surface area contributed by atoms with Crippen LogP contribution in [-0.2, 0) is 0 Å². The van der Waals surface area contributed by atoms with Crippen LogP contribution in [0.25, 0.3) is 12.2 Å². The van der Waals surface area contributed by atoms with E-state index in [1.165, 1.54) is 0 Å². The van der Waals surface area contributed by atoms with Crippen LogP contribution in [0, 0.1) is 0 Å². The molecule has 2 rings (SSSR count). The van der Waals surface area contributed by atoms with Crippen molar-refractivity contribution in [2.75, 3.05) is 7.11 Å². The van der Waals surface area contributed by atoms with Gasteiger partial charge in [0, 0.05) is 0 Å². The Hall–Kier alpha value is -2.24. The smallest absolute Gasteiger partial charge is 0.488 e. The molecule has 5 heteroatoms. The molecule has 0 aliphatic heterocycles. The number of methoxy groups -OCH3 is 1. The predicted molar refractivity (Wildman–Crippen MR) is 94.0 cm³/mol. The third-order valence-corrected chi connectivity index (χ3v) is 3.21. The van der Waals surface area contributed by atoms with Crippen molar-refractivity contribution in [3.8, 4) is 11.5 Å². The first-order chi connectivity index (χ1) is 11.0. The molecule has 0 fully saturated rings. The van der Waals surface area contributed by atoms with Crippen molar-refractivity contribution in [3.05, 3.63) is 53.6 Å². The lowest BCUT2D eigenvalue weighted by atomic mass is 9.79. The summed E-state index contributed by atoms with van der Waals surface area (Å²) in [5.41, 5.74) is 2.26. The molecule has 120 valence electrons. The molecule has 23 heavy (non-hydrogen) atoms. The van der Waals surface area contributed by atoms with Crippen molar-refractivity contribution in [3.63, 3.8) is 0 Å². The first kappa shape index (κ1) is 17.1. The highest BCUT2D eigenvalue weighted by Gasteiger charge is 2.13. The Morgan fingerprint density at radius 3 is 2.13 bits per heavy atom. The zero-order valence-electron chi connectivity index (χ0n) is 13.6. The standard InChI is InChI=1S/C18H21BO4/c1-13(2)23-18-11-15(10-16(12-18)19(20)21)5-4-14-6-8-17(22-3)9-7-14/h4-13,20-21H,1-3H3/b5-4+. The highest BCUT2D eigenvalue weighted by atomic mass is 16.5. The zero-order valence-corrected chi connectivity index (χ0v) is 13.6. The highest BCUT2D eigenvalue weighted by Crippen LogP contribution is 2.17. The van der Waals surface area contributed by atoms with Gasteiger partial charge in [0.05, 0.1) is 13.2 Å². The molecule has 0 radical (unpaired) electrons. The Morgan fingerprint density at radius 1 is 0.913 bits per heavy atom. The molecule has 2 aromatic carbocycles. The maximum atomic E-state index is 9.41. The molecule has 0 heterocycles. The van der Waals surface area contributed by atoms with Crippen LogP contribution in [0.1, 0.15) is 25.0 Å². The second-order valence-corrected chi connectivity index (χ2v) is 5.48. The molecule has 0 atom stereocenters. The number of ether oxygens (including phenoxy) is 2. The third kappa shape index (κ3) is 5.16. The molecule has 0 aromatic heterocycles. The Labute approximate surface area is 137 Å². The lowest BCUT2D eigenvalue weighted by Gasteiger charge is -2.12. The first-order valence-corrected chi connectivity index (χ1v) is 7.48. The summed E-state index contributed by atoms with van der Waals surface area (Å²) in [6.45, 7) is 3.85.